The van der Waals surface area contributed by atoms with Gasteiger partial charge in [-0.1, -0.05) is 12.1 Å². The summed E-state index contributed by atoms with van der Waals surface area (Å²) in [5, 5.41) is 6.91. The van der Waals surface area contributed by atoms with Gasteiger partial charge in [-0.25, -0.2) is 0 Å². The van der Waals surface area contributed by atoms with Gasteiger partial charge in [0.05, 0.1) is 13.3 Å². The molecule has 0 atom stereocenters. The summed E-state index contributed by atoms with van der Waals surface area (Å²) in [5.41, 5.74) is 7.07. The standard InChI is InChI=1S/C22H25N3O2/c1-14-10-19(11-15(2)21(14)27-5)17-6-8-18(9-7-17)22(26)25(4)13-20-12-23-24-16(20)3/h6-12H,13H2,1-5H3,(H,23,24). The minimum atomic E-state index is -0.00996. The van der Waals surface area contributed by atoms with Crippen molar-refractivity contribution in [1.82, 2.24) is 15.1 Å². The molecule has 0 bridgehead atoms. The second-order valence-corrected chi connectivity index (χ2v) is 6.90. The molecule has 0 aliphatic carbocycles. The van der Waals surface area contributed by atoms with Crippen LogP contribution in [-0.4, -0.2) is 35.2 Å². The number of carbonyl (C=O) groups excluding carboxylic acids is 1. The molecule has 1 amide bonds. The summed E-state index contributed by atoms with van der Waals surface area (Å²) in [5.74, 6) is 0.908. The first kappa shape index (κ1) is 18.7. The molecule has 0 aliphatic rings. The smallest absolute Gasteiger partial charge is 0.253 e. The van der Waals surface area contributed by atoms with Crippen LogP contribution in [0.15, 0.2) is 42.6 Å². The number of rotatable bonds is 5. The zero-order valence-electron chi connectivity index (χ0n) is 16.5. The molecular formula is C22H25N3O2. The molecule has 27 heavy (non-hydrogen) atoms. The van der Waals surface area contributed by atoms with Gasteiger partial charge in [-0.2, -0.15) is 5.10 Å². The van der Waals surface area contributed by atoms with Crippen molar-refractivity contribution in [3.63, 3.8) is 0 Å². The first-order valence-corrected chi connectivity index (χ1v) is 8.90. The van der Waals surface area contributed by atoms with Crippen molar-refractivity contribution >= 4 is 5.91 Å². The molecule has 5 nitrogen and oxygen atoms in total. The number of hydrogen-bond acceptors (Lipinski definition) is 3. The average molecular weight is 363 g/mol. The summed E-state index contributed by atoms with van der Waals surface area (Å²) in [4.78, 5) is 14.4. The predicted molar refractivity (Wildman–Crippen MR) is 107 cm³/mol. The first-order chi connectivity index (χ1) is 12.9. The van der Waals surface area contributed by atoms with Crippen molar-refractivity contribution < 1.29 is 9.53 Å². The van der Waals surface area contributed by atoms with E-state index in [-0.39, 0.29) is 5.91 Å². The van der Waals surface area contributed by atoms with E-state index in [1.165, 1.54) is 0 Å². The Kier molecular flexibility index (Phi) is 5.31. The Morgan fingerprint density at radius 1 is 1.07 bits per heavy atom. The second-order valence-electron chi connectivity index (χ2n) is 6.90. The third-order valence-corrected chi connectivity index (χ3v) is 4.82. The third kappa shape index (κ3) is 3.87. The molecule has 3 aromatic rings. The van der Waals surface area contributed by atoms with Crippen LogP contribution in [0, 0.1) is 20.8 Å². The van der Waals surface area contributed by atoms with Gasteiger partial charge in [-0.15, -0.1) is 0 Å². The number of ether oxygens (including phenoxy) is 1. The quantitative estimate of drug-likeness (QED) is 0.736. The zero-order chi connectivity index (χ0) is 19.6. The molecule has 1 heterocycles. The lowest BCUT2D eigenvalue weighted by atomic mass is 9.98. The normalized spacial score (nSPS) is 10.7. The van der Waals surface area contributed by atoms with Crippen LogP contribution in [0.2, 0.25) is 0 Å². The SMILES string of the molecule is COc1c(C)cc(-c2ccc(C(=O)N(C)Cc3cn[nH]c3C)cc2)cc1C. The topological polar surface area (TPSA) is 58.2 Å². The van der Waals surface area contributed by atoms with E-state index in [0.29, 0.717) is 12.1 Å². The molecule has 0 saturated carbocycles. The fourth-order valence-corrected chi connectivity index (χ4v) is 3.33. The van der Waals surface area contributed by atoms with Gasteiger partial charge in [0.25, 0.3) is 5.91 Å². The van der Waals surface area contributed by atoms with E-state index in [1.807, 2.05) is 45.0 Å². The highest BCUT2D eigenvalue weighted by Gasteiger charge is 2.14. The monoisotopic (exact) mass is 363 g/mol. The van der Waals surface area contributed by atoms with Gasteiger partial charge in [-0.05, 0) is 67.3 Å². The number of aromatic nitrogens is 2. The van der Waals surface area contributed by atoms with E-state index >= 15 is 0 Å². The Labute approximate surface area is 160 Å². The van der Waals surface area contributed by atoms with Crippen LogP contribution in [-0.2, 0) is 6.54 Å². The average Bonchev–Trinajstić information content (AvgIpc) is 3.05. The van der Waals surface area contributed by atoms with Crippen LogP contribution in [0.4, 0.5) is 0 Å². The van der Waals surface area contributed by atoms with Crippen molar-refractivity contribution in [2.45, 2.75) is 27.3 Å². The first-order valence-electron chi connectivity index (χ1n) is 8.90. The number of aryl methyl sites for hydroxylation is 3. The van der Waals surface area contributed by atoms with Crippen molar-refractivity contribution in [2.24, 2.45) is 0 Å². The van der Waals surface area contributed by atoms with Gasteiger partial charge in [0.15, 0.2) is 0 Å². The molecular weight excluding hydrogens is 338 g/mol. The molecule has 0 aliphatic heterocycles. The van der Waals surface area contributed by atoms with Crippen molar-refractivity contribution in [3.8, 4) is 16.9 Å². The minimum Gasteiger partial charge on any atom is -0.496 e. The number of methoxy groups -OCH3 is 1. The predicted octanol–water partition coefficient (Wildman–Crippen LogP) is 4.28. The molecule has 2 aromatic carbocycles. The summed E-state index contributed by atoms with van der Waals surface area (Å²) in [6, 6.07) is 12.0. The van der Waals surface area contributed by atoms with Gasteiger partial charge < -0.3 is 9.64 Å². The molecule has 0 saturated heterocycles. The molecule has 0 unspecified atom stereocenters. The Hall–Kier alpha value is -3.08. The number of amides is 1. The van der Waals surface area contributed by atoms with E-state index in [0.717, 1.165) is 39.3 Å². The van der Waals surface area contributed by atoms with Gasteiger partial charge in [0.1, 0.15) is 5.75 Å². The maximum absolute atomic E-state index is 12.7. The fourth-order valence-electron chi connectivity index (χ4n) is 3.33. The summed E-state index contributed by atoms with van der Waals surface area (Å²) in [6.07, 6.45) is 1.76. The van der Waals surface area contributed by atoms with E-state index < -0.39 is 0 Å². The Balaban J connectivity index is 1.79. The Morgan fingerprint density at radius 2 is 1.70 bits per heavy atom. The van der Waals surface area contributed by atoms with E-state index in [2.05, 4.69) is 22.3 Å². The van der Waals surface area contributed by atoms with Gasteiger partial charge in [0, 0.05) is 30.4 Å². The summed E-state index contributed by atoms with van der Waals surface area (Å²) >= 11 is 0. The van der Waals surface area contributed by atoms with Gasteiger partial charge in [-0.3, -0.25) is 9.89 Å². The number of benzene rings is 2. The lowest BCUT2D eigenvalue weighted by Gasteiger charge is -2.17. The number of H-pyrrole nitrogens is 1. The number of nitrogens with one attached hydrogen (secondary N) is 1. The molecule has 0 radical (unpaired) electrons. The van der Waals surface area contributed by atoms with Crippen LogP contribution in [0.25, 0.3) is 11.1 Å². The lowest BCUT2D eigenvalue weighted by molar-refractivity contribution is 0.0785. The number of aromatic amines is 1. The van der Waals surface area contributed by atoms with Crippen LogP contribution < -0.4 is 4.74 Å². The van der Waals surface area contributed by atoms with Crippen LogP contribution in [0.3, 0.4) is 0 Å². The maximum Gasteiger partial charge on any atom is 0.253 e. The molecule has 5 heteroatoms. The number of carbonyl (C=O) groups is 1. The van der Waals surface area contributed by atoms with E-state index in [9.17, 15) is 4.79 Å². The molecule has 3 rings (SSSR count). The maximum atomic E-state index is 12.7. The van der Waals surface area contributed by atoms with Crippen molar-refractivity contribution in [1.29, 1.82) is 0 Å². The highest BCUT2D eigenvalue weighted by molar-refractivity contribution is 5.94. The largest absolute Gasteiger partial charge is 0.496 e. The van der Waals surface area contributed by atoms with E-state index in [1.54, 1.807) is 25.3 Å². The summed E-state index contributed by atoms with van der Waals surface area (Å²) in [7, 11) is 3.50. The summed E-state index contributed by atoms with van der Waals surface area (Å²) in [6.45, 7) is 6.56. The summed E-state index contributed by atoms with van der Waals surface area (Å²) < 4.78 is 5.44. The third-order valence-electron chi connectivity index (χ3n) is 4.82. The molecule has 1 aromatic heterocycles. The number of hydrogen-bond donors (Lipinski definition) is 1. The lowest BCUT2D eigenvalue weighted by Crippen LogP contribution is -2.26. The zero-order valence-corrected chi connectivity index (χ0v) is 16.5. The van der Waals surface area contributed by atoms with Crippen LogP contribution in [0.5, 0.6) is 5.75 Å². The van der Waals surface area contributed by atoms with Gasteiger partial charge in [0.2, 0.25) is 0 Å². The molecule has 0 spiro atoms. The molecule has 0 fully saturated rings. The number of nitrogens with zero attached hydrogens (tertiary/aromatic N) is 2. The highest BCUT2D eigenvalue weighted by atomic mass is 16.5. The molecule has 1 N–H and O–H groups in total. The minimum absolute atomic E-state index is 0.00996. The Bertz CT molecular complexity index is 935. The van der Waals surface area contributed by atoms with Gasteiger partial charge >= 0.3 is 0 Å². The second kappa shape index (κ2) is 7.66. The van der Waals surface area contributed by atoms with Crippen molar-refractivity contribution in [2.75, 3.05) is 14.2 Å². The van der Waals surface area contributed by atoms with Crippen molar-refractivity contribution in [3.05, 3.63) is 70.5 Å². The molecule has 140 valence electrons. The van der Waals surface area contributed by atoms with Crippen LogP contribution in [0.1, 0.15) is 32.7 Å². The van der Waals surface area contributed by atoms with E-state index in [4.69, 9.17) is 4.74 Å². The highest BCUT2D eigenvalue weighted by Crippen LogP contribution is 2.30. The van der Waals surface area contributed by atoms with Crippen LogP contribution >= 0.6 is 0 Å². The fraction of sp³-hybridized carbons (Fsp3) is 0.273. The Morgan fingerprint density at radius 3 is 2.22 bits per heavy atom.